The number of carbonyl (C=O) groups excluding carboxylic acids is 1. The Morgan fingerprint density at radius 3 is 2.62 bits per heavy atom. The van der Waals surface area contributed by atoms with E-state index in [9.17, 15) is 14.4 Å². The first-order valence-electron chi connectivity index (χ1n) is 8.01. The molecule has 2 heterocycles. The Morgan fingerprint density at radius 2 is 1.88 bits per heavy atom. The molecule has 26 heavy (non-hydrogen) atoms. The maximum Gasteiger partial charge on any atom is 0.332 e. The third-order valence-corrected chi connectivity index (χ3v) is 3.92. The molecule has 8 heteroatoms. The van der Waals surface area contributed by atoms with Gasteiger partial charge in [-0.05, 0) is 18.2 Å². The van der Waals surface area contributed by atoms with Gasteiger partial charge in [0, 0.05) is 14.1 Å². The summed E-state index contributed by atoms with van der Waals surface area (Å²) >= 11 is 0. The lowest BCUT2D eigenvalue weighted by molar-refractivity contribution is -0.116. The van der Waals surface area contributed by atoms with Gasteiger partial charge in [-0.1, -0.05) is 18.2 Å². The first-order chi connectivity index (χ1) is 12.5. The average molecular weight is 354 g/mol. The summed E-state index contributed by atoms with van der Waals surface area (Å²) in [6.07, 6.45) is 1.56. The fourth-order valence-corrected chi connectivity index (χ4v) is 2.54. The van der Waals surface area contributed by atoms with Crippen LogP contribution in [-0.4, -0.2) is 26.6 Å². The van der Waals surface area contributed by atoms with Gasteiger partial charge >= 0.3 is 5.69 Å². The maximum atomic E-state index is 12.2. The zero-order valence-corrected chi connectivity index (χ0v) is 14.4. The molecule has 0 saturated heterocycles. The zero-order valence-electron chi connectivity index (χ0n) is 14.4. The van der Waals surface area contributed by atoms with Gasteiger partial charge in [-0.15, -0.1) is 0 Å². The Hall–Kier alpha value is -3.42. The number of hydrogen-bond acceptors (Lipinski definition) is 5. The molecule has 0 aliphatic heterocycles. The lowest BCUT2D eigenvalue weighted by Crippen LogP contribution is -2.37. The number of ether oxygens (including phenoxy) is 1. The number of para-hydroxylation sites is 1. The Balaban J connectivity index is 1.72. The van der Waals surface area contributed by atoms with Crippen molar-refractivity contribution >= 4 is 22.6 Å². The number of benzene rings is 1. The van der Waals surface area contributed by atoms with Crippen LogP contribution in [0.25, 0.3) is 11.0 Å². The highest BCUT2D eigenvalue weighted by Crippen LogP contribution is 2.13. The summed E-state index contributed by atoms with van der Waals surface area (Å²) in [4.78, 5) is 40.3. The van der Waals surface area contributed by atoms with Crippen LogP contribution in [0.5, 0.6) is 5.75 Å². The van der Waals surface area contributed by atoms with Crippen molar-refractivity contribution in [3.05, 3.63) is 63.4 Å². The Kier molecular flexibility index (Phi) is 4.83. The van der Waals surface area contributed by atoms with Gasteiger partial charge in [-0.3, -0.25) is 18.7 Å². The number of pyridine rings is 1. The molecule has 0 radical (unpaired) electrons. The van der Waals surface area contributed by atoms with Crippen molar-refractivity contribution in [2.75, 3.05) is 11.9 Å². The van der Waals surface area contributed by atoms with Crippen molar-refractivity contribution in [3.8, 4) is 5.75 Å². The predicted octanol–water partition coefficient (Wildman–Crippen LogP) is 1.04. The van der Waals surface area contributed by atoms with Gasteiger partial charge in [0.15, 0.2) is 0 Å². The van der Waals surface area contributed by atoms with Gasteiger partial charge in [0.05, 0.1) is 30.3 Å². The summed E-state index contributed by atoms with van der Waals surface area (Å²) in [5, 5.41) is 2.94. The van der Waals surface area contributed by atoms with Gasteiger partial charge in [-0.2, -0.15) is 0 Å². The van der Waals surface area contributed by atoms with Crippen LogP contribution in [-0.2, 0) is 18.9 Å². The Bertz CT molecular complexity index is 1070. The van der Waals surface area contributed by atoms with E-state index < -0.39 is 11.2 Å². The van der Waals surface area contributed by atoms with Gasteiger partial charge < -0.3 is 10.1 Å². The minimum absolute atomic E-state index is 0.151. The normalized spacial score (nSPS) is 10.7. The van der Waals surface area contributed by atoms with Crippen LogP contribution in [0.4, 0.5) is 5.69 Å². The Labute approximate surface area is 148 Å². The van der Waals surface area contributed by atoms with Crippen LogP contribution in [0, 0.1) is 0 Å². The fraction of sp³-hybridized carbons (Fsp3) is 0.222. The zero-order chi connectivity index (χ0) is 18.7. The van der Waals surface area contributed by atoms with Crippen molar-refractivity contribution < 1.29 is 9.53 Å². The molecule has 2 aromatic heterocycles. The van der Waals surface area contributed by atoms with Crippen molar-refractivity contribution in [2.24, 2.45) is 14.1 Å². The van der Waals surface area contributed by atoms with Gasteiger partial charge in [-0.25, -0.2) is 9.78 Å². The fourth-order valence-electron chi connectivity index (χ4n) is 2.54. The lowest BCUT2D eigenvalue weighted by Gasteiger charge is -2.09. The molecule has 0 atom stereocenters. The smallest absolute Gasteiger partial charge is 0.332 e. The molecule has 0 saturated carbocycles. The molecular weight excluding hydrogens is 336 g/mol. The molecule has 0 fully saturated rings. The molecule has 3 rings (SSSR count). The van der Waals surface area contributed by atoms with Crippen molar-refractivity contribution in [1.29, 1.82) is 0 Å². The number of rotatable bonds is 5. The second-order valence-electron chi connectivity index (χ2n) is 5.76. The molecule has 134 valence electrons. The van der Waals surface area contributed by atoms with Crippen molar-refractivity contribution in [3.63, 3.8) is 0 Å². The number of nitrogens with zero attached hydrogens (tertiary/aromatic N) is 3. The summed E-state index contributed by atoms with van der Waals surface area (Å²) in [7, 11) is 2.94. The third-order valence-electron chi connectivity index (χ3n) is 3.92. The number of anilines is 1. The number of carbonyl (C=O) groups is 1. The summed E-state index contributed by atoms with van der Waals surface area (Å²) in [5.41, 5.74) is -0.259. The molecular formula is C18H18N4O4. The van der Waals surface area contributed by atoms with E-state index in [1.807, 2.05) is 30.3 Å². The quantitative estimate of drug-likeness (QED) is 0.739. The number of hydrogen-bond donors (Lipinski definition) is 1. The van der Waals surface area contributed by atoms with Crippen LogP contribution in [0.3, 0.4) is 0 Å². The van der Waals surface area contributed by atoms with Crippen LogP contribution in [0.2, 0.25) is 0 Å². The van der Waals surface area contributed by atoms with E-state index in [-0.39, 0.29) is 30.0 Å². The predicted molar refractivity (Wildman–Crippen MR) is 97.4 cm³/mol. The SMILES string of the molecule is Cn1c(=O)c2cc(NC(=O)CCOc3ccccc3)cnc2n(C)c1=O. The van der Waals surface area contributed by atoms with Crippen LogP contribution >= 0.6 is 0 Å². The topological polar surface area (TPSA) is 95.2 Å². The number of nitrogens with one attached hydrogen (secondary N) is 1. The largest absolute Gasteiger partial charge is 0.493 e. The second-order valence-corrected chi connectivity index (χ2v) is 5.76. The highest BCUT2D eigenvalue weighted by molar-refractivity contribution is 5.92. The number of amides is 1. The molecule has 3 aromatic rings. The third kappa shape index (κ3) is 3.49. The van der Waals surface area contributed by atoms with E-state index in [0.717, 1.165) is 4.57 Å². The van der Waals surface area contributed by atoms with Crippen LogP contribution < -0.4 is 21.3 Å². The second kappa shape index (κ2) is 7.22. The van der Waals surface area contributed by atoms with Crippen LogP contribution in [0.1, 0.15) is 6.42 Å². The summed E-state index contributed by atoms with van der Waals surface area (Å²) in [6, 6.07) is 10.7. The maximum absolute atomic E-state index is 12.2. The summed E-state index contributed by atoms with van der Waals surface area (Å²) in [5.74, 6) is 0.431. The first-order valence-corrected chi connectivity index (χ1v) is 8.01. The highest BCUT2D eigenvalue weighted by Gasteiger charge is 2.11. The number of aromatic nitrogens is 3. The molecule has 1 aromatic carbocycles. The molecule has 0 spiro atoms. The summed E-state index contributed by atoms with van der Waals surface area (Å²) in [6.45, 7) is 0.229. The molecule has 1 amide bonds. The van der Waals surface area contributed by atoms with Crippen molar-refractivity contribution in [2.45, 2.75) is 6.42 Å². The van der Waals surface area contributed by atoms with E-state index >= 15 is 0 Å². The molecule has 8 nitrogen and oxygen atoms in total. The van der Waals surface area contributed by atoms with E-state index in [4.69, 9.17) is 4.74 Å². The first kappa shape index (κ1) is 17.4. The van der Waals surface area contributed by atoms with E-state index in [2.05, 4.69) is 10.3 Å². The van der Waals surface area contributed by atoms with Crippen molar-refractivity contribution in [1.82, 2.24) is 14.1 Å². The number of fused-ring (bicyclic) bond motifs is 1. The minimum Gasteiger partial charge on any atom is -0.493 e. The van der Waals surface area contributed by atoms with Crippen LogP contribution in [0.15, 0.2) is 52.2 Å². The van der Waals surface area contributed by atoms with E-state index in [1.54, 1.807) is 0 Å². The molecule has 0 unspecified atom stereocenters. The highest BCUT2D eigenvalue weighted by atomic mass is 16.5. The monoisotopic (exact) mass is 354 g/mol. The number of aryl methyl sites for hydroxylation is 1. The standard InChI is InChI=1S/C18H18N4O4/c1-21-16-14(17(24)22(2)18(21)25)10-12(11-19-16)20-15(23)8-9-26-13-6-4-3-5-7-13/h3-7,10-11H,8-9H2,1-2H3,(H,20,23). The molecule has 0 bridgehead atoms. The lowest BCUT2D eigenvalue weighted by atomic mass is 10.3. The molecule has 1 N–H and O–H groups in total. The van der Waals surface area contributed by atoms with Gasteiger partial charge in [0.1, 0.15) is 11.4 Å². The van der Waals surface area contributed by atoms with Gasteiger partial charge in [0.25, 0.3) is 5.56 Å². The van der Waals surface area contributed by atoms with E-state index in [1.165, 1.54) is 30.9 Å². The summed E-state index contributed by atoms with van der Waals surface area (Å²) < 4.78 is 7.77. The molecule has 0 aliphatic carbocycles. The van der Waals surface area contributed by atoms with E-state index in [0.29, 0.717) is 11.4 Å². The average Bonchev–Trinajstić information content (AvgIpc) is 2.65. The Morgan fingerprint density at radius 1 is 1.15 bits per heavy atom. The molecule has 0 aliphatic rings. The van der Waals surface area contributed by atoms with Gasteiger partial charge in [0.2, 0.25) is 5.91 Å². The minimum atomic E-state index is -0.459.